The molecule has 15 heavy (non-hydrogen) atoms. The molecule has 1 heterocycles. The molecule has 0 aliphatic rings. The summed E-state index contributed by atoms with van der Waals surface area (Å²) in [4.78, 5) is 2.94. The Hall–Kier alpha value is -1.06. The molecule has 1 aromatic carbocycles. The molecule has 0 saturated carbocycles. The van der Waals surface area contributed by atoms with E-state index in [-0.39, 0.29) is 11.9 Å². The summed E-state index contributed by atoms with van der Waals surface area (Å²) >= 11 is 6.01. The van der Waals surface area contributed by atoms with Crippen LogP contribution in [0.5, 0.6) is 0 Å². The van der Waals surface area contributed by atoms with Gasteiger partial charge in [0.1, 0.15) is 11.0 Å². The first-order valence-electron chi connectivity index (χ1n) is 4.79. The van der Waals surface area contributed by atoms with E-state index in [1.54, 1.807) is 12.1 Å². The second-order valence-electron chi connectivity index (χ2n) is 3.76. The molecule has 1 aromatic heterocycles. The molecule has 0 amide bonds. The van der Waals surface area contributed by atoms with Gasteiger partial charge in [-0.15, -0.1) is 0 Å². The van der Waals surface area contributed by atoms with Crippen LogP contribution in [0.3, 0.4) is 0 Å². The number of aromatic nitrogens is 1. The summed E-state index contributed by atoms with van der Waals surface area (Å²) in [6.45, 7) is 1.87. The summed E-state index contributed by atoms with van der Waals surface area (Å²) < 4.78 is 13.6. The standard InChI is InChI=1S/C11H12ClFN2/c1-6(14)5-7-10-8(13)3-2-4-9(10)15-11(7)12/h2-4,6,15H,5,14H2,1H3. The smallest absolute Gasteiger partial charge is 0.132 e. The van der Waals surface area contributed by atoms with Gasteiger partial charge in [-0.05, 0) is 25.5 Å². The predicted octanol–water partition coefficient (Wildman–Crippen LogP) is 2.85. The minimum Gasteiger partial charge on any atom is -0.345 e. The van der Waals surface area contributed by atoms with Gasteiger partial charge >= 0.3 is 0 Å². The van der Waals surface area contributed by atoms with E-state index in [2.05, 4.69) is 4.98 Å². The molecule has 1 unspecified atom stereocenters. The van der Waals surface area contributed by atoms with Crippen LogP contribution < -0.4 is 5.73 Å². The van der Waals surface area contributed by atoms with Gasteiger partial charge < -0.3 is 10.7 Å². The van der Waals surface area contributed by atoms with Crippen molar-refractivity contribution in [1.82, 2.24) is 4.98 Å². The van der Waals surface area contributed by atoms with Crippen molar-refractivity contribution in [1.29, 1.82) is 0 Å². The van der Waals surface area contributed by atoms with Crippen LogP contribution in [0.15, 0.2) is 18.2 Å². The quantitative estimate of drug-likeness (QED) is 0.813. The van der Waals surface area contributed by atoms with Crippen LogP contribution in [-0.2, 0) is 6.42 Å². The van der Waals surface area contributed by atoms with Crippen LogP contribution >= 0.6 is 11.6 Å². The minimum atomic E-state index is -0.258. The predicted molar refractivity (Wildman–Crippen MR) is 60.6 cm³/mol. The van der Waals surface area contributed by atoms with E-state index in [0.717, 1.165) is 11.1 Å². The highest BCUT2D eigenvalue weighted by molar-refractivity contribution is 6.31. The molecule has 4 heteroatoms. The Bertz CT molecular complexity index is 491. The lowest BCUT2D eigenvalue weighted by atomic mass is 10.1. The molecule has 0 aliphatic heterocycles. The Balaban J connectivity index is 2.65. The van der Waals surface area contributed by atoms with Crippen molar-refractivity contribution >= 4 is 22.5 Å². The Labute approximate surface area is 92.2 Å². The van der Waals surface area contributed by atoms with E-state index < -0.39 is 0 Å². The first-order valence-corrected chi connectivity index (χ1v) is 5.17. The highest BCUT2D eigenvalue weighted by Crippen LogP contribution is 2.29. The van der Waals surface area contributed by atoms with Crippen LogP contribution in [0.25, 0.3) is 10.9 Å². The van der Waals surface area contributed by atoms with E-state index in [4.69, 9.17) is 17.3 Å². The van der Waals surface area contributed by atoms with Crippen LogP contribution in [-0.4, -0.2) is 11.0 Å². The highest BCUT2D eigenvalue weighted by atomic mass is 35.5. The lowest BCUT2D eigenvalue weighted by Crippen LogP contribution is -2.17. The molecule has 0 spiro atoms. The Kier molecular flexibility index (Phi) is 2.67. The molecule has 0 fully saturated rings. The van der Waals surface area contributed by atoms with E-state index in [1.807, 2.05) is 6.92 Å². The summed E-state index contributed by atoms with van der Waals surface area (Å²) in [5, 5.41) is 1.03. The molecular weight excluding hydrogens is 215 g/mol. The normalized spacial score (nSPS) is 13.3. The zero-order chi connectivity index (χ0) is 11.0. The van der Waals surface area contributed by atoms with Gasteiger partial charge in [0, 0.05) is 22.5 Å². The van der Waals surface area contributed by atoms with Crippen molar-refractivity contribution in [2.75, 3.05) is 0 Å². The van der Waals surface area contributed by atoms with Crippen molar-refractivity contribution in [3.05, 3.63) is 34.7 Å². The van der Waals surface area contributed by atoms with Crippen LogP contribution in [0.4, 0.5) is 4.39 Å². The fourth-order valence-corrected chi connectivity index (χ4v) is 2.03. The van der Waals surface area contributed by atoms with E-state index in [9.17, 15) is 4.39 Å². The summed E-state index contributed by atoms with van der Waals surface area (Å²) in [5.74, 6) is -0.258. The number of hydrogen-bond donors (Lipinski definition) is 2. The molecule has 2 rings (SSSR count). The number of H-pyrrole nitrogens is 1. The van der Waals surface area contributed by atoms with Gasteiger partial charge in [0.25, 0.3) is 0 Å². The molecule has 0 bridgehead atoms. The molecule has 2 nitrogen and oxygen atoms in total. The number of nitrogens with two attached hydrogens (primary N) is 1. The Morgan fingerprint density at radius 2 is 2.27 bits per heavy atom. The fraction of sp³-hybridized carbons (Fsp3) is 0.273. The monoisotopic (exact) mass is 226 g/mol. The second kappa shape index (κ2) is 3.83. The van der Waals surface area contributed by atoms with Crippen molar-refractivity contribution < 1.29 is 4.39 Å². The molecule has 2 aromatic rings. The summed E-state index contributed by atoms with van der Waals surface area (Å²) in [5.41, 5.74) is 7.18. The molecule has 0 saturated heterocycles. The highest BCUT2D eigenvalue weighted by Gasteiger charge is 2.14. The van der Waals surface area contributed by atoms with Gasteiger partial charge in [-0.2, -0.15) is 0 Å². The van der Waals surface area contributed by atoms with Crippen LogP contribution in [0, 0.1) is 5.82 Å². The van der Waals surface area contributed by atoms with Crippen molar-refractivity contribution in [3.8, 4) is 0 Å². The van der Waals surface area contributed by atoms with Crippen molar-refractivity contribution in [2.45, 2.75) is 19.4 Å². The lowest BCUT2D eigenvalue weighted by molar-refractivity contribution is 0.637. The van der Waals surface area contributed by atoms with E-state index in [0.29, 0.717) is 17.0 Å². The second-order valence-corrected chi connectivity index (χ2v) is 4.14. The summed E-state index contributed by atoms with van der Waals surface area (Å²) in [7, 11) is 0. The van der Waals surface area contributed by atoms with Gasteiger partial charge in [0.15, 0.2) is 0 Å². The molecule has 0 aliphatic carbocycles. The number of rotatable bonds is 2. The zero-order valence-corrected chi connectivity index (χ0v) is 9.11. The first kappa shape index (κ1) is 10.5. The van der Waals surface area contributed by atoms with E-state index in [1.165, 1.54) is 6.07 Å². The minimum absolute atomic E-state index is 0.0406. The van der Waals surface area contributed by atoms with Gasteiger partial charge in [-0.25, -0.2) is 4.39 Å². The number of nitrogens with one attached hydrogen (secondary N) is 1. The summed E-state index contributed by atoms with van der Waals surface area (Å²) in [6, 6.07) is 4.84. The van der Waals surface area contributed by atoms with Gasteiger partial charge in [0.2, 0.25) is 0 Å². The molecule has 3 N–H and O–H groups in total. The third kappa shape index (κ3) is 1.85. The lowest BCUT2D eigenvalue weighted by Gasteiger charge is -2.04. The largest absolute Gasteiger partial charge is 0.345 e. The van der Waals surface area contributed by atoms with Crippen molar-refractivity contribution in [3.63, 3.8) is 0 Å². The fourth-order valence-electron chi connectivity index (χ4n) is 1.75. The number of fused-ring (bicyclic) bond motifs is 1. The number of hydrogen-bond acceptors (Lipinski definition) is 1. The molecule has 80 valence electrons. The zero-order valence-electron chi connectivity index (χ0n) is 8.35. The number of halogens is 2. The topological polar surface area (TPSA) is 41.8 Å². The molecular formula is C11H12ClFN2. The third-order valence-electron chi connectivity index (χ3n) is 2.35. The Morgan fingerprint density at radius 1 is 1.53 bits per heavy atom. The number of aromatic amines is 1. The average Bonchev–Trinajstić information content (AvgIpc) is 2.43. The first-order chi connectivity index (χ1) is 7.09. The van der Waals surface area contributed by atoms with Gasteiger partial charge in [0.05, 0.1) is 0 Å². The molecule has 0 radical (unpaired) electrons. The van der Waals surface area contributed by atoms with Crippen LogP contribution in [0.2, 0.25) is 5.15 Å². The average molecular weight is 227 g/mol. The SMILES string of the molecule is CC(N)Cc1c(Cl)[nH]c2cccc(F)c12. The van der Waals surface area contributed by atoms with E-state index >= 15 is 0 Å². The third-order valence-corrected chi connectivity index (χ3v) is 2.67. The maximum Gasteiger partial charge on any atom is 0.132 e. The Morgan fingerprint density at radius 3 is 2.93 bits per heavy atom. The maximum absolute atomic E-state index is 13.6. The van der Waals surface area contributed by atoms with Gasteiger partial charge in [-0.1, -0.05) is 17.7 Å². The molecule has 1 atom stereocenters. The maximum atomic E-state index is 13.6. The van der Waals surface area contributed by atoms with Gasteiger partial charge in [-0.3, -0.25) is 0 Å². The summed E-state index contributed by atoms with van der Waals surface area (Å²) in [6.07, 6.45) is 0.569. The number of benzene rings is 1. The van der Waals surface area contributed by atoms with Crippen LogP contribution in [0.1, 0.15) is 12.5 Å². The van der Waals surface area contributed by atoms with Crippen molar-refractivity contribution in [2.24, 2.45) is 5.73 Å².